The van der Waals surface area contributed by atoms with Gasteiger partial charge in [-0.05, 0) is 62.1 Å². The molecular formula is C24H27ClF2N2O3S. The van der Waals surface area contributed by atoms with Gasteiger partial charge in [-0.1, -0.05) is 24.6 Å². The van der Waals surface area contributed by atoms with Crippen LogP contribution in [-0.4, -0.2) is 28.1 Å². The first-order chi connectivity index (χ1) is 15.7. The molecule has 1 heterocycles. The fraction of sp³-hybridized carbons (Fsp3) is 0.417. The summed E-state index contributed by atoms with van der Waals surface area (Å²) in [6.07, 6.45) is 1.44. The van der Waals surface area contributed by atoms with Crippen molar-refractivity contribution in [3.63, 3.8) is 0 Å². The van der Waals surface area contributed by atoms with Gasteiger partial charge in [-0.3, -0.25) is 0 Å². The van der Waals surface area contributed by atoms with E-state index in [1.165, 1.54) is 24.3 Å². The molecule has 1 aliphatic heterocycles. The Morgan fingerprint density at radius 1 is 1.18 bits per heavy atom. The predicted molar refractivity (Wildman–Crippen MR) is 124 cm³/mol. The molecule has 5 nitrogen and oxygen atoms in total. The van der Waals surface area contributed by atoms with Gasteiger partial charge in [0.25, 0.3) is 0 Å². The molecule has 0 aromatic heterocycles. The van der Waals surface area contributed by atoms with Gasteiger partial charge in [-0.2, -0.15) is 0 Å². The van der Waals surface area contributed by atoms with Gasteiger partial charge in [0.2, 0.25) is 0 Å². The zero-order valence-electron chi connectivity index (χ0n) is 18.3. The second-order valence-corrected chi connectivity index (χ2v) is 11.2. The molecule has 33 heavy (non-hydrogen) atoms. The molecule has 2 aromatic rings. The summed E-state index contributed by atoms with van der Waals surface area (Å²) in [6, 6.07) is 7.78. The molecule has 2 aromatic carbocycles. The van der Waals surface area contributed by atoms with Gasteiger partial charge in [0.15, 0.2) is 21.4 Å². The number of sulfone groups is 1. The second-order valence-electron chi connectivity index (χ2n) is 8.54. The van der Waals surface area contributed by atoms with Crippen LogP contribution in [-0.2, 0) is 14.6 Å². The van der Waals surface area contributed by atoms with E-state index in [0.29, 0.717) is 30.4 Å². The highest BCUT2D eigenvalue weighted by Crippen LogP contribution is 2.58. The average molecular weight is 497 g/mol. The molecular weight excluding hydrogens is 470 g/mol. The van der Waals surface area contributed by atoms with Crippen LogP contribution in [0.15, 0.2) is 53.7 Å². The molecule has 0 spiro atoms. The van der Waals surface area contributed by atoms with Gasteiger partial charge < -0.3 is 15.4 Å². The summed E-state index contributed by atoms with van der Waals surface area (Å²) in [5, 5.41) is 6.68. The molecule has 2 N–H and O–H groups in total. The Morgan fingerprint density at radius 2 is 1.88 bits per heavy atom. The summed E-state index contributed by atoms with van der Waals surface area (Å²) in [7, 11) is -4.15. The molecule has 2 aliphatic rings. The molecule has 1 saturated carbocycles. The van der Waals surface area contributed by atoms with Crippen molar-refractivity contribution in [2.75, 3.05) is 19.7 Å². The van der Waals surface area contributed by atoms with Crippen LogP contribution in [0.5, 0.6) is 5.75 Å². The second kappa shape index (κ2) is 9.14. The highest BCUT2D eigenvalue weighted by atomic mass is 35.5. The van der Waals surface area contributed by atoms with E-state index in [-0.39, 0.29) is 35.2 Å². The van der Waals surface area contributed by atoms with E-state index >= 15 is 4.39 Å². The first-order valence-corrected chi connectivity index (χ1v) is 12.9. The Labute approximate surface area is 198 Å². The van der Waals surface area contributed by atoms with Crippen molar-refractivity contribution in [2.45, 2.75) is 35.8 Å². The van der Waals surface area contributed by atoms with Gasteiger partial charge in [0.1, 0.15) is 10.6 Å². The monoisotopic (exact) mass is 496 g/mol. The molecule has 0 radical (unpaired) electrons. The first-order valence-electron chi connectivity index (χ1n) is 11.0. The van der Waals surface area contributed by atoms with Crippen molar-refractivity contribution in [3.05, 3.63) is 71.0 Å². The molecule has 0 unspecified atom stereocenters. The van der Waals surface area contributed by atoms with E-state index in [1.807, 2.05) is 6.92 Å². The quantitative estimate of drug-likeness (QED) is 0.578. The molecule has 3 atom stereocenters. The maximum atomic E-state index is 15.3. The highest BCUT2D eigenvalue weighted by molar-refractivity contribution is 7.92. The average Bonchev–Trinajstić information content (AvgIpc) is 2.79. The molecule has 0 saturated heterocycles. The van der Waals surface area contributed by atoms with Gasteiger partial charge in [-0.25, -0.2) is 17.2 Å². The van der Waals surface area contributed by atoms with Crippen LogP contribution in [0.1, 0.15) is 31.7 Å². The number of hydrogen-bond donors (Lipinski definition) is 2. The van der Waals surface area contributed by atoms with Crippen molar-refractivity contribution >= 4 is 21.4 Å². The highest BCUT2D eigenvalue weighted by Gasteiger charge is 2.60. The fourth-order valence-corrected chi connectivity index (χ4v) is 7.86. The summed E-state index contributed by atoms with van der Waals surface area (Å²) in [6.45, 7) is 6.96. The summed E-state index contributed by atoms with van der Waals surface area (Å²) >= 11 is 5.98. The predicted octanol–water partition coefficient (Wildman–Crippen LogP) is 4.77. The van der Waals surface area contributed by atoms with Crippen LogP contribution in [0, 0.1) is 23.5 Å². The zero-order chi connectivity index (χ0) is 23.8. The van der Waals surface area contributed by atoms with E-state index in [2.05, 4.69) is 17.2 Å². The summed E-state index contributed by atoms with van der Waals surface area (Å²) in [5.41, 5.74) is -0.205. The molecule has 0 bridgehead atoms. The molecule has 0 amide bonds. The van der Waals surface area contributed by atoms with Gasteiger partial charge in [0, 0.05) is 24.0 Å². The molecule has 178 valence electrons. The number of hydrogen-bond acceptors (Lipinski definition) is 5. The van der Waals surface area contributed by atoms with E-state index in [9.17, 15) is 12.8 Å². The fourth-order valence-electron chi connectivity index (χ4n) is 5.28. The molecule has 9 heteroatoms. The lowest BCUT2D eigenvalue weighted by atomic mass is 9.67. The van der Waals surface area contributed by atoms with Crippen molar-refractivity contribution < 1.29 is 21.9 Å². The van der Waals surface area contributed by atoms with E-state index < -0.39 is 32.1 Å². The Kier molecular flexibility index (Phi) is 6.60. The number of benzene rings is 2. The van der Waals surface area contributed by atoms with Crippen LogP contribution in [0.3, 0.4) is 0 Å². The maximum absolute atomic E-state index is 15.3. The Hall–Kier alpha value is -2.32. The van der Waals surface area contributed by atoms with Crippen LogP contribution in [0.25, 0.3) is 0 Å². The van der Waals surface area contributed by atoms with Gasteiger partial charge >= 0.3 is 0 Å². The molecule has 1 fully saturated rings. The van der Waals surface area contributed by atoms with Crippen LogP contribution < -0.4 is 15.4 Å². The van der Waals surface area contributed by atoms with Crippen molar-refractivity contribution in [1.29, 1.82) is 0 Å². The van der Waals surface area contributed by atoms with E-state index in [4.69, 9.17) is 16.3 Å². The Bertz CT molecular complexity index is 1160. The molecule has 4 rings (SSSR count). The summed E-state index contributed by atoms with van der Waals surface area (Å²) in [4.78, 5) is 0.0269. The van der Waals surface area contributed by atoms with Crippen LogP contribution >= 0.6 is 11.6 Å². The normalized spacial score (nSPS) is 24.2. The van der Waals surface area contributed by atoms with E-state index in [0.717, 1.165) is 18.6 Å². The van der Waals surface area contributed by atoms with Gasteiger partial charge in [-0.15, -0.1) is 0 Å². The minimum atomic E-state index is -4.15. The first kappa shape index (κ1) is 23.8. The van der Waals surface area contributed by atoms with Crippen molar-refractivity contribution in [2.24, 2.45) is 11.8 Å². The smallest absolute Gasteiger partial charge is 0.188 e. The minimum Gasteiger partial charge on any atom is -0.490 e. The van der Waals surface area contributed by atoms with Crippen LogP contribution in [0.4, 0.5) is 8.78 Å². The Balaban J connectivity index is 1.87. The molecule has 1 aliphatic carbocycles. The summed E-state index contributed by atoms with van der Waals surface area (Å²) < 4.78 is 62.6. The lowest BCUT2D eigenvalue weighted by Gasteiger charge is -2.50. The Morgan fingerprint density at radius 3 is 2.58 bits per heavy atom. The minimum absolute atomic E-state index is 0.0269. The standard InChI is InChI=1S/C24H27ClF2N2O3S/c1-3-28-15(2)29-13-16-5-4-12-24(33(30,31)18-8-6-17(25)7-9-18)19(16)14-32-23-21(27)11-10-20(26)22(23)24/h6-11,16,19,28-29H,2-5,12-14H2,1H3/t16-,19-,24-/m0/s1. The number of ether oxygens (including phenoxy) is 1. The van der Waals surface area contributed by atoms with Crippen molar-refractivity contribution in [3.8, 4) is 5.75 Å². The SMILES string of the molecule is C=C(NCC)NC[C@@H]1CCC[C@@]2(S(=O)(=O)c3ccc(Cl)cc3)c3c(F)ccc(F)c3OC[C@@H]12. The number of fused-ring (bicyclic) bond motifs is 3. The topological polar surface area (TPSA) is 67.4 Å². The zero-order valence-corrected chi connectivity index (χ0v) is 19.9. The van der Waals surface area contributed by atoms with Crippen LogP contribution in [0.2, 0.25) is 5.02 Å². The third kappa shape index (κ3) is 3.97. The number of halogens is 3. The largest absolute Gasteiger partial charge is 0.490 e. The third-order valence-electron chi connectivity index (χ3n) is 6.75. The van der Waals surface area contributed by atoms with Crippen molar-refractivity contribution in [1.82, 2.24) is 10.6 Å². The third-order valence-corrected chi connectivity index (χ3v) is 9.57. The number of nitrogens with one attached hydrogen (secondary N) is 2. The number of rotatable bonds is 7. The lowest BCUT2D eigenvalue weighted by molar-refractivity contribution is 0.0756. The lowest BCUT2D eigenvalue weighted by Crippen LogP contribution is -2.55. The maximum Gasteiger partial charge on any atom is 0.188 e. The van der Waals surface area contributed by atoms with Gasteiger partial charge in [0.05, 0.1) is 22.9 Å². The summed E-state index contributed by atoms with van der Waals surface area (Å²) in [5.74, 6) is -1.97. The van der Waals surface area contributed by atoms with E-state index in [1.54, 1.807) is 0 Å².